The van der Waals surface area contributed by atoms with Crippen LogP contribution in [0.2, 0.25) is 0 Å². The van der Waals surface area contributed by atoms with Crippen molar-refractivity contribution in [1.82, 2.24) is 14.7 Å². The fraction of sp³-hybridized carbons (Fsp3) is 0.550. The van der Waals surface area contributed by atoms with Crippen molar-refractivity contribution in [3.05, 3.63) is 47.0 Å². The van der Waals surface area contributed by atoms with E-state index in [1.54, 1.807) is 12.1 Å². The maximum Gasteiger partial charge on any atom is 0.123 e. The molecular formula is C20H27FN4O. The van der Waals surface area contributed by atoms with Gasteiger partial charge in [-0.1, -0.05) is 0 Å². The average molecular weight is 358 g/mol. The third-order valence-corrected chi connectivity index (χ3v) is 5.74. The van der Waals surface area contributed by atoms with Gasteiger partial charge >= 0.3 is 0 Å². The SMILES string of the molecule is Cc1cc(F)ccc1N1CCC(N2CCCn3nc(CO)cc3C2)CC1. The predicted molar refractivity (Wildman–Crippen MR) is 99.5 cm³/mol. The predicted octanol–water partition coefficient (Wildman–Crippen LogP) is 2.70. The van der Waals surface area contributed by atoms with Crippen molar-refractivity contribution in [3.8, 4) is 0 Å². The fourth-order valence-electron chi connectivity index (χ4n) is 4.38. The molecule has 0 bridgehead atoms. The molecule has 0 radical (unpaired) electrons. The molecule has 4 rings (SSSR count). The Morgan fingerprint density at radius 2 is 1.96 bits per heavy atom. The summed E-state index contributed by atoms with van der Waals surface area (Å²) in [6.45, 7) is 6.95. The number of fused-ring (bicyclic) bond motifs is 1. The molecule has 2 aliphatic heterocycles. The molecule has 1 N–H and O–H groups in total. The molecule has 5 nitrogen and oxygen atoms in total. The summed E-state index contributed by atoms with van der Waals surface area (Å²) >= 11 is 0. The molecule has 0 spiro atoms. The monoisotopic (exact) mass is 358 g/mol. The molecule has 26 heavy (non-hydrogen) atoms. The largest absolute Gasteiger partial charge is 0.390 e. The van der Waals surface area contributed by atoms with Crippen LogP contribution in [-0.2, 0) is 19.7 Å². The second kappa shape index (κ2) is 7.37. The Bertz CT molecular complexity index is 767. The van der Waals surface area contributed by atoms with Crippen molar-refractivity contribution in [2.75, 3.05) is 24.5 Å². The van der Waals surface area contributed by atoms with Crippen LogP contribution in [-0.4, -0.2) is 45.5 Å². The van der Waals surface area contributed by atoms with Crippen molar-refractivity contribution in [1.29, 1.82) is 0 Å². The molecule has 0 saturated carbocycles. The van der Waals surface area contributed by atoms with Crippen LogP contribution in [0, 0.1) is 12.7 Å². The first kappa shape index (κ1) is 17.5. The van der Waals surface area contributed by atoms with Crippen molar-refractivity contribution >= 4 is 5.69 Å². The molecule has 1 fully saturated rings. The van der Waals surface area contributed by atoms with E-state index in [2.05, 4.69) is 19.6 Å². The van der Waals surface area contributed by atoms with Gasteiger partial charge in [-0.3, -0.25) is 9.58 Å². The molecule has 1 saturated heterocycles. The molecule has 140 valence electrons. The molecular weight excluding hydrogens is 331 g/mol. The lowest BCUT2D eigenvalue weighted by Gasteiger charge is -2.39. The lowest BCUT2D eigenvalue weighted by atomic mass is 10.0. The minimum Gasteiger partial charge on any atom is -0.390 e. The number of halogens is 1. The fourth-order valence-corrected chi connectivity index (χ4v) is 4.38. The van der Waals surface area contributed by atoms with E-state index in [1.807, 2.05) is 19.1 Å². The Labute approximate surface area is 154 Å². The second-order valence-corrected chi connectivity index (χ2v) is 7.48. The van der Waals surface area contributed by atoms with Gasteiger partial charge in [0, 0.05) is 44.5 Å². The smallest absolute Gasteiger partial charge is 0.123 e. The summed E-state index contributed by atoms with van der Waals surface area (Å²) in [5, 5.41) is 13.8. The van der Waals surface area contributed by atoms with E-state index in [0.717, 1.165) is 68.9 Å². The van der Waals surface area contributed by atoms with Gasteiger partial charge in [-0.05, 0) is 56.0 Å². The number of aliphatic hydroxyl groups excluding tert-OH is 1. The van der Waals surface area contributed by atoms with Gasteiger partial charge in [-0.25, -0.2) is 4.39 Å². The van der Waals surface area contributed by atoms with Gasteiger partial charge in [0.25, 0.3) is 0 Å². The summed E-state index contributed by atoms with van der Waals surface area (Å²) in [6.07, 6.45) is 3.34. The zero-order chi connectivity index (χ0) is 18.1. The Kier molecular flexibility index (Phi) is 4.96. The second-order valence-electron chi connectivity index (χ2n) is 7.48. The Morgan fingerprint density at radius 3 is 2.69 bits per heavy atom. The summed E-state index contributed by atoms with van der Waals surface area (Å²) in [7, 11) is 0. The lowest BCUT2D eigenvalue weighted by Crippen LogP contribution is -2.45. The zero-order valence-corrected chi connectivity index (χ0v) is 15.4. The highest BCUT2D eigenvalue weighted by Gasteiger charge is 2.27. The van der Waals surface area contributed by atoms with E-state index in [0.29, 0.717) is 6.04 Å². The van der Waals surface area contributed by atoms with Gasteiger partial charge in [0.1, 0.15) is 5.82 Å². The number of piperidine rings is 1. The van der Waals surface area contributed by atoms with Gasteiger partial charge in [0.2, 0.25) is 0 Å². The number of benzene rings is 1. The number of hydrogen-bond acceptors (Lipinski definition) is 4. The van der Waals surface area contributed by atoms with Crippen molar-refractivity contribution < 1.29 is 9.50 Å². The molecule has 0 aliphatic carbocycles. The van der Waals surface area contributed by atoms with E-state index < -0.39 is 0 Å². The van der Waals surface area contributed by atoms with E-state index in [9.17, 15) is 9.50 Å². The van der Waals surface area contributed by atoms with Crippen molar-refractivity contribution in [3.63, 3.8) is 0 Å². The van der Waals surface area contributed by atoms with Gasteiger partial charge in [-0.2, -0.15) is 5.10 Å². The number of aromatic nitrogens is 2. The Balaban J connectivity index is 1.41. The van der Waals surface area contributed by atoms with Gasteiger partial charge in [0.15, 0.2) is 0 Å². The molecule has 2 aliphatic rings. The molecule has 6 heteroatoms. The van der Waals surface area contributed by atoms with Crippen LogP contribution < -0.4 is 4.90 Å². The number of aliphatic hydroxyl groups is 1. The highest BCUT2D eigenvalue weighted by atomic mass is 19.1. The van der Waals surface area contributed by atoms with Gasteiger partial charge < -0.3 is 10.0 Å². The van der Waals surface area contributed by atoms with Crippen LogP contribution in [0.1, 0.15) is 36.2 Å². The molecule has 0 amide bonds. The number of hydrogen-bond donors (Lipinski definition) is 1. The van der Waals surface area contributed by atoms with E-state index in [-0.39, 0.29) is 12.4 Å². The van der Waals surface area contributed by atoms with Crippen LogP contribution in [0.5, 0.6) is 0 Å². The minimum atomic E-state index is -0.162. The Morgan fingerprint density at radius 1 is 1.15 bits per heavy atom. The maximum absolute atomic E-state index is 13.4. The number of nitrogens with zero attached hydrogens (tertiary/aromatic N) is 4. The standard InChI is InChI=1S/C20H27FN4O/c1-15-11-16(21)3-4-20(15)23-9-5-18(6-10-23)24-7-2-8-25-19(13-24)12-17(14-26)22-25/h3-4,11-12,18,26H,2,5-10,13-14H2,1H3. The third-order valence-electron chi connectivity index (χ3n) is 5.74. The maximum atomic E-state index is 13.4. The molecule has 1 aromatic heterocycles. The summed E-state index contributed by atoms with van der Waals surface area (Å²) in [4.78, 5) is 4.97. The quantitative estimate of drug-likeness (QED) is 0.916. The molecule has 3 heterocycles. The topological polar surface area (TPSA) is 44.5 Å². The van der Waals surface area contributed by atoms with Crippen molar-refractivity contribution in [2.24, 2.45) is 0 Å². The zero-order valence-electron chi connectivity index (χ0n) is 15.4. The van der Waals surface area contributed by atoms with Crippen molar-refractivity contribution in [2.45, 2.75) is 51.9 Å². The number of rotatable bonds is 3. The van der Waals surface area contributed by atoms with Crippen LogP contribution in [0.15, 0.2) is 24.3 Å². The van der Waals surface area contributed by atoms with Crippen LogP contribution in [0.25, 0.3) is 0 Å². The first-order chi connectivity index (χ1) is 12.6. The van der Waals surface area contributed by atoms with Crippen LogP contribution in [0.4, 0.5) is 10.1 Å². The highest BCUT2D eigenvalue weighted by Crippen LogP contribution is 2.27. The minimum absolute atomic E-state index is 0.00933. The molecule has 1 aromatic carbocycles. The van der Waals surface area contributed by atoms with E-state index in [1.165, 1.54) is 5.69 Å². The number of anilines is 1. The van der Waals surface area contributed by atoms with Gasteiger partial charge in [-0.15, -0.1) is 0 Å². The van der Waals surface area contributed by atoms with Crippen LogP contribution in [0.3, 0.4) is 0 Å². The lowest BCUT2D eigenvalue weighted by molar-refractivity contribution is 0.163. The summed E-state index contributed by atoms with van der Waals surface area (Å²) in [5.74, 6) is -0.162. The van der Waals surface area contributed by atoms with E-state index >= 15 is 0 Å². The third kappa shape index (κ3) is 3.48. The summed E-state index contributed by atoms with van der Waals surface area (Å²) in [5.41, 5.74) is 4.15. The van der Waals surface area contributed by atoms with E-state index in [4.69, 9.17) is 0 Å². The number of aryl methyl sites for hydroxylation is 2. The van der Waals surface area contributed by atoms with Crippen LogP contribution >= 0.6 is 0 Å². The first-order valence-electron chi connectivity index (χ1n) is 9.55. The average Bonchev–Trinajstić information content (AvgIpc) is 2.93. The van der Waals surface area contributed by atoms with Gasteiger partial charge in [0.05, 0.1) is 18.0 Å². The molecule has 0 atom stereocenters. The first-order valence-corrected chi connectivity index (χ1v) is 9.55. The molecule has 0 unspecified atom stereocenters. The highest BCUT2D eigenvalue weighted by molar-refractivity contribution is 5.53. The normalized spacial score (nSPS) is 19.4. The summed E-state index contributed by atoms with van der Waals surface area (Å²) in [6, 6.07) is 7.70. The summed E-state index contributed by atoms with van der Waals surface area (Å²) < 4.78 is 15.4. The Hall–Kier alpha value is -1.92. The molecule has 2 aromatic rings.